The molecule has 130 valence electrons. The fraction of sp³-hybridized carbons (Fsp3) is 0.500. The molecule has 0 atom stereocenters. The van der Waals surface area contributed by atoms with Gasteiger partial charge in [0.05, 0.1) is 12.7 Å². The molecule has 1 aliphatic rings. The highest BCUT2D eigenvalue weighted by molar-refractivity contribution is 5.94. The molecule has 1 amide bonds. The van der Waals surface area contributed by atoms with Crippen molar-refractivity contribution in [1.82, 2.24) is 0 Å². The molecule has 0 spiro atoms. The number of methoxy groups -OCH3 is 1. The largest absolute Gasteiger partial charge is 0.465 e. The Morgan fingerprint density at radius 3 is 2.38 bits per heavy atom. The summed E-state index contributed by atoms with van der Waals surface area (Å²) in [5.74, 6) is -0.777. The van der Waals surface area contributed by atoms with Crippen LogP contribution in [0.1, 0.15) is 48.9 Å². The number of ether oxygens (including phenoxy) is 2. The Hall–Kier alpha value is -2.37. The molecule has 0 saturated heterocycles. The smallest absolute Gasteiger partial charge is 0.337 e. The van der Waals surface area contributed by atoms with Crippen LogP contribution in [0.4, 0.5) is 5.69 Å². The molecule has 0 aromatic heterocycles. The number of rotatable bonds is 6. The number of anilines is 1. The first-order valence-corrected chi connectivity index (χ1v) is 8.22. The number of hydrogen-bond acceptors (Lipinski definition) is 5. The maximum atomic E-state index is 11.8. The van der Waals surface area contributed by atoms with Crippen molar-refractivity contribution in [2.24, 2.45) is 5.92 Å². The summed E-state index contributed by atoms with van der Waals surface area (Å²) in [6, 6.07) is 6.29. The number of carbonyl (C=O) groups excluding carboxylic acids is 3. The van der Waals surface area contributed by atoms with Gasteiger partial charge in [-0.15, -0.1) is 0 Å². The van der Waals surface area contributed by atoms with Gasteiger partial charge in [-0.3, -0.25) is 9.59 Å². The third kappa shape index (κ3) is 5.68. The molecule has 1 aromatic rings. The summed E-state index contributed by atoms with van der Waals surface area (Å²) in [5.41, 5.74) is 0.922. The Morgan fingerprint density at radius 1 is 1.08 bits per heavy atom. The van der Waals surface area contributed by atoms with E-state index in [1.165, 1.54) is 26.4 Å². The van der Waals surface area contributed by atoms with Gasteiger partial charge < -0.3 is 14.8 Å². The standard InChI is InChI=1S/C18H23NO5/c1-23-18(22)14-7-9-15(10-8-14)19-16(20)12-24-17(21)11-13-5-3-2-4-6-13/h7-10,13H,2-6,11-12H2,1H3,(H,19,20). The second-order valence-corrected chi connectivity index (χ2v) is 5.99. The summed E-state index contributed by atoms with van der Waals surface area (Å²) >= 11 is 0. The average molecular weight is 333 g/mol. The van der Waals surface area contributed by atoms with Crippen molar-refractivity contribution in [1.29, 1.82) is 0 Å². The van der Waals surface area contributed by atoms with Gasteiger partial charge >= 0.3 is 11.9 Å². The van der Waals surface area contributed by atoms with Crippen LogP contribution in [-0.2, 0) is 19.1 Å². The quantitative estimate of drug-likeness (QED) is 0.810. The molecule has 1 fully saturated rings. The van der Waals surface area contributed by atoms with Gasteiger partial charge in [-0.05, 0) is 43.0 Å². The predicted octanol–water partition coefficient (Wildman–Crippen LogP) is 2.93. The summed E-state index contributed by atoms with van der Waals surface area (Å²) in [4.78, 5) is 34.9. The van der Waals surface area contributed by atoms with E-state index in [-0.39, 0.29) is 12.6 Å². The highest BCUT2D eigenvalue weighted by Gasteiger charge is 2.18. The lowest BCUT2D eigenvalue weighted by Gasteiger charge is -2.20. The van der Waals surface area contributed by atoms with Crippen LogP contribution in [0, 0.1) is 5.92 Å². The SMILES string of the molecule is COC(=O)c1ccc(NC(=O)COC(=O)CC2CCCCC2)cc1. The number of hydrogen-bond donors (Lipinski definition) is 1. The van der Waals surface area contributed by atoms with Crippen LogP contribution in [0.2, 0.25) is 0 Å². The van der Waals surface area contributed by atoms with Gasteiger partial charge in [0, 0.05) is 12.1 Å². The maximum absolute atomic E-state index is 11.8. The molecule has 1 saturated carbocycles. The minimum atomic E-state index is -0.440. The normalized spacial score (nSPS) is 14.7. The van der Waals surface area contributed by atoms with E-state index in [2.05, 4.69) is 10.1 Å². The average Bonchev–Trinajstić information content (AvgIpc) is 2.61. The molecular formula is C18H23NO5. The lowest BCUT2D eigenvalue weighted by atomic mass is 9.87. The highest BCUT2D eigenvalue weighted by atomic mass is 16.5. The van der Waals surface area contributed by atoms with Gasteiger partial charge in [0.1, 0.15) is 0 Å². The van der Waals surface area contributed by atoms with Crippen LogP contribution < -0.4 is 5.32 Å². The van der Waals surface area contributed by atoms with Crippen LogP contribution in [0.3, 0.4) is 0 Å². The van der Waals surface area contributed by atoms with Crippen molar-refractivity contribution in [2.75, 3.05) is 19.0 Å². The molecule has 24 heavy (non-hydrogen) atoms. The zero-order chi connectivity index (χ0) is 17.4. The molecule has 0 aliphatic heterocycles. The Bertz CT molecular complexity index is 576. The molecule has 1 aromatic carbocycles. The first-order chi connectivity index (χ1) is 11.6. The van der Waals surface area contributed by atoms with E-state index in [0.717, 1.165) is 12.8 Å². The fourth-order valence-corrected chi connectivity index (χ4v) is 2.84. The van der Waals surface area contributed by atoms with Gasteiger partial charge in [-0.1, -0.05) is 19.3 Å². The number of carbonyl (C=O) groups is 3. The Morgan fingerprint density at radius 2 is 1.75 bits per heavy atom. The van der Waals surface area contributed by atoms with E-state index in [9.17, 15) is 14.4 Å². The summed E-state index contributed by atoms with van der Waals surface area (Å²) in [7, 11) is 1.31. The molecular weight excluding hydrogens is 310 g/mol. The van der Waals surface area contributed by atoms with Gasteiger partial charge in [0.2, 0.25) is 0 Å². The Labute approximate surface area is 141 Å². The Balaban J connectivity index is 1.72. The molecule has 2 rings (SSSR count). The van der Waals surface area contributed by atoms with Gasteiger partial charge in [-0.2, -0.15) is 0 Å². The van der Waals surface area contributed by atoms with Gasteiger partial charge in [-0.25, -0.2) is 4.79 Å². The van der Waals surface area contributed by atoms with Crippen molar-refractivity contribution >= 4 is 23.5 Å². The van der Waals surface area contributed by atoms with E-state index in [1.807, 2.05) is 0 Å². The van der Waals surface area contributed by atoms with Crippen molar-refractivity contribution < 1.29 is 23.9 Å². The monoisotopic (exact) mass is 333 g/mol. The molecule has 6 heteroatoms. The fourth-order valence-electron chi connectivity index (χ4n) is 2.84. The van der Waals surface area contributed by atoms with E-state index in [0.29, 0.717) is 23.6 Å². The first kappa shape index (κ1) is 18.0. The predicted molar refractivity (Wildman–Crippen MR) is 88.6 cm³/mol. The van der Waals surface area contributed by atoms with Crippen LogP contribution in [0.25, 0.3) is 0 Å². The van der Waals surface area contributed by atoms with E-state index >= 15 is 0 Å². The minimum Gasteiger partial charge on any atom is -0.465 e. The molecule has 1 N–H and O–H groups in total. The molecule has 0 bridgehead atoms. The number of amides is 1. The summed E-state index contributed by atoms with van der Waals surface area (Å²) in [6.07, 6.45) is 6.09. The third-order valence-electron chi connectivity index (χ3n) is 4.13. The Kier molecular flexibility index (Phi) is 6.78. The highest BCUT2D eigenvalue weighted by Crippen LogP contribution is 2.26. The van der Waals surface area contributed by atoms with Crippen molar-refractivity contribution in [3.05, 3.63) is 29.8 Å². The molecule has 0 unspecified atom stereocenters. The topological polar surface area (TPSA) is 81.7 Å². The van der Waals surface area contributed by atoms with Crippen LogP contribution in [0.5, 0.6) is 0 Å². The van der Waals surface area contributed by atoms with Crippen molar-refractivity contribution in [2.45, 2.75) is 38.5 Å². The van der Waals surface area contributed by atoms with Gasteiger partial charge in [0.25, 0.3) is 5.91 Å². The minimum absolute atomic E-state index is 0.301. The lowest BCUT2D eigenvalue weighted by Crippen LogP contribution is -2.22. The molecule has 0 heterocycles. The summed E-state index contributed by atoms with van der Waals surface area (Å²) < 4.78 is 9.63. The van der Waals surface area contributed by atoms with E-state index in [4.69, 9.17) is 4.74 Å². The molecule has 0 radical (unpaired) electrons. The van der Waals surface area contributed by atoms with Crippen molar-refractivity contribution in [3.63, 3.8) is 0 Å². The lowest BCUT2D eigenvalue weighted by molar-refractivity contribution is -0.148. The van der Waals surface area contributed by atoms with E-state index in [1.54, 1.807) is 24.3 Å². The first-order valence-electron chi connectivity index (χ1n) is 8.22. The van der Waals surface area contributed by atoms with Crippen molar-refractivity contribution in [3.8, 4) is 0 Å². The summed E-state index contributed by atoms with van der Waals surface area (Å²) in [6.45, 7) is -0.301. The second kappa shape index (κ2) is 9.05. The van der Waals surface area contributed by atoms with Crippen LogP contribution in [0.15, 0.2) is 24.3 Å². The maximum Gasteiger partial charge on any atom is 0.337 e. The summed E-state index contributed by atoms with van der Waals surface area (Å²) in [5, 5.41) is 2.62. The van der Waals surface area contributed by atoms with Gasteiger partial charge in [0.15, 0.2) is 6.61 Å². The zero-order valence-corrected chi connectivity index (χ0v) is 13.9. The number of nitrogens with one attached hydrogen (secondary N) is 1. The zero-order valence-electron chi connectivity index (χ0n) is 13.9. The number of esters is 2. The molecule has 6 nitrogen and oxygen atoms in total. The molecule has 1 aliphatic carbocycles. The third-order valence-corrected chi connectivity index (χ3v) is 4.13. The van der Waals surface area contributed by atoms with Crippen LogP contribution in [-0.4, -0.2) is 31.6 Å². The van der Waals surface area contributed by atoms with E-state index < -0.39 is 11.9 Å². The van der Waals surface area contributed by atoms with Crippen LogP contribution >= 0.6 is 0 Å². The second-order valence-electron chi connectivity index (χ2n) is 5.99. The number of benzene rings is 1.